The van der Waals surface area contributed by atoms with Gasteiger partial charge in [0, 0.05) is 13.1 Å². The third-order valence-corrected chi connectivity index (χ3v) is 4.70. The van der Waals surface area contributed by atoms with E-state index in [0.29, 0.717) is 54.5 Å². The minimum atomic E-state index is -0.300. The van der Waals surface area contributed by atoms with Crippen LogP contribution in [-0.2, 0) is 9.53 Å². The van der Waals surface area contributed by atoms with Crippen molar-refractivity contribution < 1.29 is 13.9 Å². The zero-order valence-electron chi connectivity index (χ0n) is 15.1. The molecule has 0 saturated carbocycles. The Bertz CT molecular complexity index is 918. The molecule has 0 atom stereocenters. The molecule has 2 heterocycles. The predicted molar refractivity (Wildman–Crippen MR) is 104 cm³/mol. The molecule has 0 radical (unpaired) electrons. The number of nitrogens with zero attached hydrogens (tertiary/aromatic N) is 3. The highest BCUT2D eigenvalue weighted by molar-refractivity contribution is 6.32. The molecule has 1 amide bonds. The van der Waals surface area contributed by atoms with Gasteiger partial charge in [0.15, 0.2) is 0 Å². The summed E-state index contributed by atoms with van der Waals surface area (Å²) in [7, 11) is 0. The molecule has 2 aliphatic heterocycles. The molecule has 0 bridgehead atoms. The van der Waals surface area contributed by atoms with Crippen LogP contribution in [0.25, 0.3) is 6.08 Å². The molecule has 5 nitrogen and oxygen atoms in total. The molecule has 1 saturated heterocycles. The van der Waals surface area contributed by atoms with Crippen LogP contribution in [-0.4, -0.2) is 37.9 Å². The van der Waals surface area contributed by atoms with Crippen molar-refractivity contribution in [2.24, 2.45) is 5.10 Å². The number of morpholine rings is 1. The highest BCUT2D eigenvalue weighted by atomic mass is 19.1. The van der Waals surface area contributed by atoms with E-state index >= 15 is 0 Å². The van der Waals surface area contributed by atoms with Crippen molar-refractivity contribution in [1.29, 1.82) is 0 Å². The summed E-state index contributed by atoms with van der Waals surface area (Å²) in [4.78, 5) is 14.7. The van der Waals surface area contributed by atoms with Crippen molar-refractivity contribution >= 4 is 29.1 Å². The number of rotatable bonds is 3. The molecule has 27 heavy (non-hydrogen) atoms. The van der Waals surface area contributed by atoms with E-state index in [0.717, 1.165) is 0 Å². The van der Waals surface area contributed by atoms with Gasteiger partial charge in [-0.25, -0.2) is 4.39 Å². The molecule has 0 N–H and O–H groups in total. The lowest BCUT2D eigenvalue weighted by Crippen LogP contribution is -2.36. The lowest BCUT2D eigenvalue weighted by Gasteiger charge is -2.29. The highest BCUT2D eigenvalue weighted by Crippen LogP contribution is 2.26. The Kier molecular flexibility index (Phi) is 4.73. The van der Waals surface area contributed by atoms with E-state index in [1.807, 2.05) is 41.3 Å². The third kappa shape index (κ3) is 3.48. The molecule has 4 rings (SSSR count). The fourth-order valence-corrected chi connectivity index (χ4v) is 3.27. The maximum Gasteiger partial charge on any atom is 0.280 e. The van der Waals surface area contributed by atoms with Crippen LogP contribution < -0.4 is 9.91 Å². The number of hydrazone groups is 1. The smallest absolute Gasteiger partial charge is 0.280 e. The Morgan fingerprint density at radius 1 is 1.11 bits per heavy atom. The number of anilines is 2. The molecular weight excluding hydrogens is 345 g/mol. The van der Waals surface area contributed by atoms with Gasteiger partial charge in [-0.15, -0.1) is 0 Å². The number of hydrogen-bond donors (Lipinski definition) is 0. The molecule has 2 aromatic carbocycles. The molecule has 0 unspecified atom stereocenters. The van der Waals surface area contributed by atoms with Gasteiger partial charge in [-0.2, -0.15) is 10.1 Å². The van der Waals surface area contributed by atoms with Gasteiger partial charge in [0.1, 0.15) is 5.82 Å². The minimum absolute atomic E-state index is 0.212. The van der Waals surface area contributed by atoms with Crippen molar-refractivity contribution in [2.75, 3.05) is 36.2 Å². The van der Waals surface area contributed by atoms with Gasteiger partial charge in [0.05, 0.1) is 35.9 Å². The Morgan fingerprint density at radius 2 is 1.85 bits per heavy atom. The summed E-state index contributed by atoms with van der Waals surface area (Å²) < 4.78 is 19.9. The van der Waals surface area contributed by atoms with Gasteiger partial charge < -0.3 is 9.64 Å². The van der Waals surface area contributed by atoms with E-state index in [9.17, 15) is 9.18 Å². The molecule has 138 valence electrons. The van der Waals surface area contributed by atoms with Crippen LogP contribution in [0.2, 0.25) is 0 Å². The number of hydrogen-bond acceptors (Lipinski definition) is 4. The quantitative estimate of drug-likeness (QED) is 0.783. The fraction of sp³-hybridized carbons (Fsp3) is 0.238. The Hall–Kier alpha value is -2.99. The average Bonchev–Trinajstić information content (AvgIpc) is 2.98. The first-order valence-corrected chi connectivity index (χ1v) is 8.92. The van der Waals surface area contributed by atoms with Crippen molar-refractivity contribution in [1.82, 2.24) is 0 Å². The second kappa shape index (κ2) is 7.32. The van der Waals surface area contributed by atoms with Gasteiger partial charge >= 0.3 is 0 Å². The van der Waals surface area contributed by atoms with Gasteiger partial charge in [-0.05, 0) is 42.8 Å². The third-order valence-electron chi connectivity index (χ3n) is 4.70. The summed E-state index contributed by atoms with van der Waals surface area (Å²) in [6.07, 6.45) is 1.69. The SMILES string of the molecule is CC1=NN(c2ccccc2)C(=O)/C1=C/c1ccc(N2CCOCC2)c(F)c1. The fourth-order valence-electron chi connectivity index (χ4n) is 3.27. The zero-order valence-corrected chi connectivity index (χ0v) is 15.1. The molecule has 0 spiro atoms. The van der Waals surface area contributed by atoms with Crippen LogP contribution in [0.1, 0.15) is 12.5 Å². The topological polar surface area (TPSA) is 45.1 Å². The van der Waals surface area contributed by atoms with E-state index < -0.39 is 0 Å². The normalized spacial score (nSPS) is 19.0. The Morgan fingerprint density at radius 3 is 2.56 bits per heavy atom. The highest BCUT2D eigenvalue weighted by Gasteiger charge is 2.28. The average molecular weight is 365 g/mol. The van der Waals surface area contributed by atoms with Gasteiger partial charge in [0.25, 0.3) is 5.91 Å². The van der Waals surface area contributed by atoms with E-state index in [4.69, 9.17) is 4.74 Å². The first-order valence-electron chi connectivity index (χ1n) is 8.92. The van der Waals surface area contributed by atoms with Gasteiger partial charge in [0.2, 0.25) is 0 Å². The van der Waals surface area contributed by atoms with Crippen LogP contribution in [0.15, 0.2) is 59.2 Å². The molecule has 0 aromatic heterocycles. The van der Waals surface area contributed by atoms with Crippen LogP contribution >= 0.6 is 0 Å². The number of amides is 1. The summed E-state index contributed by atoms with van der Waals surface area (Å²) in [5, 5.41) is 5.72. The number of carbonyl (C=O) groups is 1. The summed E-state index contributed by atoms with van der Waals surface area (Å²) in [5.41, 5.74) is 2.99. The molecule has 0 aliphatic carbocycles. The number of benzene rings is 2. The van der Waals surface area contributed by atoms with Crippen LogP contribution in [0.3, 0.4) is 0 Å². The van der Waals surface area contributed by atoms with E-state index in [-0.39, 0.29) is 11.7 Å². The van der Waals surface area contributed by atoms with Crippen LogP contribution in [0.5, 0.6) is 0 Å². The second-order valence-electron chi connectivity index (χ2n) is 6.51. The van der Waals surface area contributed by atoms with E-state index in [1.54, 1.807) is 19.1 Å². The van der Waals surface area contributed by atoms with Crippen LogP contribution in [0.4, 0.5) is 15.8 Å². The molecule has 6 heteroatoms. The summed E-state index contributed by atoms with van der Waals surface area (Å²) in [6, 6.07) is 14.3. The molecule has 2 aromatic rings. The zero-order chi connectivity index (χ0) is 18.8. The molecule has 1 fully saturated rings. The van der Waals surface area contributed by atoms with E-state index in [2.05, 4.69) is 5.10 Å². The monoisotopic (exact) mass is 365 g/mol. The molecule has 2 aliphatic rings. The lowest BCUT2D eigenvalue weighted by molar-refractivity contribution is -0.114. The van der Waals surface area contributed by atoms with Crippen molar-refractivity contribution in [3.05, 3.63) is 65.5 Å². The number of carbonyl (C=O) groups excluding carboxylic acids is 1. The maximum absolute atomic E-state index is 14.6. The van der Waals surface area contributed by atoms with Crippen molar-refractivity contribution in [3.8, 4) is 0 Å². The standard InChI is InChI=1S/C21H20FN3O2/c1-15-18(21(26)25(23-15)17-5-3-2-4-6-17)13-16-7-8-20(19(22)14-16)24-9-11-27-12-10-24/h2-8,13-14H,9-12H2,1H3/b18-13+. The van der Waals surface area contributed by atoms with Crippen LogP contribution in [0, 0.1) is 5.82 Å². The lowest BCUT2D eigenvalue weighted by atomic mass is 10.1. The van der Waals surface area contributed by atoms with Gasteiger partial charge in [-0.3, -0.25) is 4.79 Å². The predicted octanol–water partition coefficient (Wildman–Crippen LogP) is 3.47. The largest absolute Gasteiger partial charge is 0.378 e. The summed E-state index contributed by atoms with van der Waals surface area (Å²) >= 11 is 0. The number of ether oxygens (including phenoxy) is 1. The van der Waals surface area contributed by atoms with E-state index in [1.165, 1.54) is 11.1 Å². The summed E-state index contributed by atoms with van der Waals surface area (Å²) in [5.74, 6) is -0.512. The van der Waals surface area contributed by atoms with Gasteiger partial charge in [-0.1, -0.05) is 24.3 Å². The second-order valence-corrected chi connectivity index (χ2v) is 6.51. The maximum atomic E-state index is 14.6. The minimum Gasteiger partial charge on any atom is -0.378 e. The van der Waals surface area contributed by atoms with Crippen molar-refractivity contribution in [2.45, 2.75) is 6.92 Å². The summed E-state index contributed by atoms with van der Waals surface area (Å²) in [6.45, 7) is 4.34. The first kappa shape index (κ1) is 17.4. The number of para-hydroxylation sites is 1. The Labute approximate surface area is 157 Å². The van der Waals surface area contributed by atoms with Crippen molar-refractivity contribution in [3.63, 3.8) is 0 Å². The first-order chi connectivity index (χ1) is 13.1. The Balaban J connectivity index is 1.59. The molecular formula is C21H20FN3O2. The number of halogens is 1.